The fraction of sp³-hybridized carbons (Fsp3) is 0.562. The molecular formula is C16H23ClN2O. The van der Waals surface area contributed by atoms with Crippen molar-refractivity contribution in [1.29, 1.82) is 0 Å². The molecule has 3 nitrogen and oxygen atoms in total. The number of hydrogen-bond donors (Lipinski definition) is 1. The third-order valence-corrected chi connectivity index (χ3v) is 4.34. The molecule has 1 aromatic rings. The smallest absolute Gasteiger partial charge is 0.240 e. The minimum absolute atomic E-state index is 0.0277. The number of likely N-dealkylation sites (tertiary alicyclic amines) is 1. The highest BCUT2D eigenvalue weighted by Crippen LogP contribution is 2.36. The lowest BCUT2D eigenvalue weighted by atomic mass is 9.86. The van der Waals surface area contributed by atoms with Gasteiger partial charge in [-0.2, -0.15) is 0 Å². The monoisotopic (exact) mass is 294 g/mol. The molecule has 1 aliphatic rings. The highest BCUT2D eigenvalue weighted by Gasteiger charge is 2.37. The molecule has 4 heteroatoms. The number of nitrogens with zero attached hydrogens (tertiary/aromatic N) is 1. The number of carbonyl (C=O) groups excluding carboxylic acids is 1. The van der Waals surface area contributed by atoms with Crippen LogP contribution in [-0.4, -0.2) is 23.4 Å². The number of benzene rings is 1. The maximum absolute atomic E-state index is 12.6. The van der Waals surface area contributed by atoms with Gasteiger partial charge in [-0.1, -0.05) is 50.6 Å². The fourth-order valence-corrected chi connectivity index (χ4v) is 2.91. The Morgan fingerprint density at radius 3 is 2.65 bits per heavy atom. The molecule has 2 N–H and O–H groups in total. The third kappa shape index (κ3) is 2.99. The van der Waals surface area contributed by atoms with Gasteiger partial charge < -0.3 is 10.6 Å². The molecule has 1 saturated heterocycles. The van der Waals surface area contributed by atoms with Crippen LogP contribution in [0.25, 0.3) is 0 Å². The molecule has 0 bridgehead atoms. The van der Waals surface area contributed by atoms with Crippen molar-refractivity contribution in [3.63, 3.8) is 0 Å². The first-order valence-corrected chi connectivity index (χ1v) is 7.50. The third-order valence-electron chi connectivity index (χ3n) is 4.00. The van der Waals surface area contributed by atoms with Crippen LogP contribution in [0.3, 0.4) is 0 Å². The second-order valence-electron chi connectivity index (χ2n) is 6.55. The van der Waals surface area contributed by atoms with Crippen LogP contribution in [-0.2, 0) is 4.79 Å². The quantitative estimate of drug-likeness (QED) is 0.909. The topological polar surface area (TPSA) is 46.3 Å². The van der Waals surface area contributed by atoms with E-state index in [-0.39, 0.29) is 17.4 Å². The van der Waals surface area contributed by atoms with Crippen molar-refractivity contribution in [3.8, 4) is 0 Å². The Morgan fingerprint density at radius 1 is 1.40 bits per heavy atom. The summed E-state index contributed by atoms with van der Waals surface area (Å²) in [5.41, 5.74) is 6.93. The molecule has 0 spiro atoms. The minimum atomic E-state index is -0.481. The molecule has 0 saturated carbocycles. The largest absolute Gasteiger partial charge is 0.334 e. The molecule has 1 aromatic carbocycles. The van der Waals surface area contributed by atoms with Crippen LogP contribution in [0.15, 0.2) is 24.3 Å². The predicted octanol–water partition coefficient (Wildman–Crippen LogP) is 3.38. The van der Waals surface area contributed by atoms with E-state index in [0.717, 1.165) is 30.0 Å². The Hall–Kier alpha value is -1.06. The van der Waals surface area contributed by atoms with Crippen LogP contribution in [0.4, 0.5) is 0 Å². The summed E-state index contributed by atoms with van der Waals surface area (Å²) in [5, 5.41) is 0.724. The van der Waals surface area contributed by atoms with Crippen LogP contribution in [0.1, 0.15) is 45.2 Å². The van der Waals surface area contributed by atoms with E-state index in [4.69, 9.17) is 17.3 Å². The van der Waals surface area contributed by atoms with Crippen LogP contribution in [0, 0.1) is 5.41 Å². The van der Waals surface area contributed by atoms with Gasteiger partial charge in [0.05, 0.1) is 12.1 Å². The van der Waals surface area contributed by atoms with Gasteiger partial charge in [0.25, 0.3) is 0 Å². The zero-order chi connectivity index (χ0) is 14.9. The molecule has 2 atom stereocenters. The van der Waals surface area contributed by atoms with Gasteiger partial charge in [-0.05, 0) is 29.9 Å². The summed E-state index contributed by atoms with van der Waals surface area (Å²) in [6, 6.07) is 7.33. The Labute approximate surface area is 126 Å². The molecule has 0 aliphatic carbocycles. The Morgan fingerprint density at radius 2 is 2.05 bits per heavy atom. The summed E-state index contributed by atoms with van der Waals surface area (Å²) in [5.74, 6) is 0.0277. The van der Waals surface area contributed by atoms with E-state index in [2.05, 4.69) is 0 Å². The highest BCUT2D eigenvalue weighted by atomic mass is 35.5. The lowest BCUT2D eigenvalue weighted by molar-refractivity contribution is -0.135. The van der Waals surface area contributed by atoms with Crippen molar-refractivity contribution in [2.75, 3.05) is 6.54 Å². The normalized spacial score (nSPS) is 21.1. The molecule has 1 unspecified atom stereocenters. The van der Waals surface area contributed by atoms with E-state index < -0.39 is 6.04 Å². The predicted molar refractivity (Wildman–Crippen MR) is 82.6 cm³/mol. The van der Waals surface area contributed by atoms with E-state index >= 15 is 0 Å². The summed E-state index contributed by atoms with van der Waals surface area (Å²) in [6.45, 7) is 6.75. The van der Waals surface area contributed by atoms with Crippen molar-refractivity contribution in [2.45, 2.75) is 45.7 Å². The summed E-state index contributed by atoms with van der Waals surface area (Å²) in [4.78, 5) is 14.5. The Bertz CT molecular complexity index is 495. The van der Waals surface area contributed by atoms with E-state index in [9.17, 15) is 4.79 Å². The first kappa shape index (κ1) is 15.3. The summed E-state index contributed by atoms with van der Waals surface area (Å²) in [6.07, 6.45) is 1.95. The van der Waals surface area contributed by atoms with Crippen molar-refractivity contribution in [1.82, 2.24) is 4.90 Å². The second kappa shape index (κ2) is 5.74. The molecule has 2 rings (SSSR count). The van der Waals surface area contributed by atoms with Crippen LogP contribution in [0.5, 0.6) is 0 Å². The van der Waals surface area contributed by atoms with E-state index in [1.54, 1.807) is 0 Å². The average Bonchev–Trinajstić information content (AvgIpc) is 2.85. The van der Waals surface area contributed by atoms with Crippen LogP contribution in [0.2, 0.25) is 5.02 Å². The SMILES string of the molecule is CC(C)(C)[C@H](N)C(=O)N1CCCC1c1ccccc1Cl. The van der Waals surface area contributed by atoms with Gasteiger partial charge in [-0.15, -0.1) is 0 Å². The van der Waals surface area contributed by atoms with Gasteiger partial charge in [0.1, 0.15) is 0 Å². The zero-order valence-electron chi connectivity index (χ0n) is 12.4. The first-order valence-electron chi connectivity index (χ1n) is 7.13. The van der Waals surface area contributed by atoms with E-state index in [1.807, 2.05) is 49.9 Å². The number of carbonyl (C=O) groups is 1. The minimum Gasteiger partial charge on any atom is -0.334 e. The summed E-state index contributed by atoms with van der Waals surface area (Å²) < 4.78 is 0. The molecule has 20 heavy (non-hydrogen) atoms. The van der Waals surface area contributed by atoms with E-state index in [0.29, 0.717) is 0 Å². The molecule has 1 amide bonds. The van der Waals surface area contributed by atoms with Gasteiger partial charge in [0, 0.05) is 11.6 Å². The van der Waals surface area contributed by atoms with Gasteiger partial charge >= 0.3 is 0 Å². The average molecular weight is 295 g/mol. The maximum Gasteiger partial charge on any atom is 0.240 e. The number of rotatable bonds is 2. The number of hydrogen-bond acceptors (Lipinski definition) is 2. The van der Waals surface area contributed by atoms with Crippen LogP contribution < -0.4 is 5.73 Å². The van der Waals surface area contributed by atoms with Crippen molar-refractivity contribution >= 4 is 17.5 Å². The first-order chi connectivity index (χ1) is 9.32. The molecule has 0 radical (unpaired) electrons. The van der Waals surface area contributed by atoms with Gasteiger partial charge in [-0.3, -0.25) is 4.79 Å². The number of amides is 1. The van der Waals surface area contributed by atoms with Gasteiger partial charge in [0.2, 0.25) is 5.91 Å². The number of halogens is 1. The number of nitrogens with two attached hydrogens (primary N) is 1. The molecule has 1 fully saturated rings. The standard InChI is InChI=1S/C16H23ClN2O/c1-16(2,3)14(18)15(20)19-10-6-9-13(19)11-7-4-5-8-12(11)17/h4-5,7-8,13-14H,6,9-10,18H2,1-3H3/t13?,14-/m1/s1. The fourth-order valence-electron chi connectivity index (χ4n) is 2.65. The summed E-state index contributed by atoms with van der Waals surface area (Å²) >= 11 is 6.27. The Balaban J connectivity index is 2.24. The Kier molecular flexibility index (Phi) is 4.40. The lowest BCUT2D eigenvalue weighted by Gasteiger charge is -2.33. The lowest BCUT2D eigenvalue weighted by Crippen LogP contribution is -2.50. The van der Waals surface area contributed by atoms with Gasteiger partial charge in [-0.25, -0.2) is 0 Å². The molecule has 110 valence electrons. The molecule has 0 aromatic heterocycles. The highest BCUT2D eigenvalue weighted by molar-refractivity contribution is 6.31. The van der Waals surface area contributed by atoms with Crippen molar-refractivity contribution in [3.05, 3.63) is 34.9 Å². The molecular weight excluding hydrogens is 272 g/mol. The maximum atomic E-state index is 12.6. The van der Waals surface area contributed by atoms with Crippen LogP contribution >= 0.6 is 11.6 Å². The summed E-state index contributed by atoms with van der Waals surface area (Å²) in [7, 11) is 0. The van der Waals surface area contributed by atoms with Crippen molar-refractivity contribution in [2.24, 2.45) is 11.1 Å². The van der Waals surface area contributed by atoms with Gasteiger partial charge in [0.15, 0.2) is 0 Å². The molecule has 1 aliphatic heterocycles. The second-order valence-corrected chi connectivity index (χ2v) is 6.96. The molecule has 1 heterocycles. The van der Waals surface area contributed by atoms with E-state index in [1.165, 1.54) is 0 Å². The van der Waals surface area contributed by atoms with Crippen molar-refractivity contribution < 1.29 is 4.79 Å². The zero-order valence-corrected chi connectivity index (χ0v) is 13.2.